The van der Waals surface area contributed by atoms with E-state index >= 15 is 0 Å². The van der Waals surface area contributed by atoms with E-state index in [1.807, 2.05) is 13.8 Å². The molecule has 0 fully saturated rings. The number of methoxy groups -OCH3 is 1. The molecule has 6 nitrogen and oxygen atoms in total. The monoisotopic (exact) mass is 294 g/mol. The van der Waals surface area contributed by atoms with Crippen molar-refractivity contribution >= 4 is 12.0 Å². The SMILES string of the molecule is CCN(C(=O)NC(C(=O)O)c1ccccc1)C(C)COC. The second-order valence-corrected chi connectivity index (χ2v) is 4.72. The van der Waals surface area contributed by atoms with E-state index in [2.05, 4.69) is 5.32 Å². The van der Waals surface area contributed by atoms with E-state index in [1.54, 1.807) is 42.3 Å². The molecule has 1 aromatic carbocycles. The Bertz CT molecular complexity index is 464. The molecule has 2 N–H and O–H groups in total. The fourth-order valence-electron chi connectivity index (χ4n) is 2.13. The van der Waals surface area contributed by atoms with Gasteiger partial charge in [0, 0.05) is 13.7 Å². The summed E-state index contributed by atoms with van der Waals surface area (Å²) in [5, 5.41) is 11.9. The molecule has 0 radical (unpaired) electrons. The van der Waals surface area contributed by atoms with E-state index in [0.29, 0.717) is 18.7 Å². The standard InChI is InChI=1S/C15H22N2O4/c1-4-17(11(2)10-21-3)15(20)16-13(14(18)19)12-8-6-5-7-9-12/h5-9,11,13H,4,10H2,1-3H3,(H,16,20)(H,18,19). The zero-order valence-corrected chi connectivity index (χ0v) is 12.6. The third-order valence-electron chi connectivity index (χ3n) is 3.19. The van der Waals surface area contributed by atoms with Crippen LogP contribution < -0.4 is 5.32 Å². The van der Waals surface area contributed by atoms with Crippen molar-refractivity contribution in [3.8, 4) is 0 Å². The molecule has 0 aliphatic carbocycles. The number of hydrogen-bond acceptors (Lipinski definition) is 3. The minimum atomic E-state index is -1.09. The predicted octanol–water partition coefficient (Wildman–Crippen LogP) is 1.88. The molecular formula is C15H22N2O4. The molecule has 0 bridgehead atoms. The van der Waals surface area contributed by atoms with Gasteiger partial charge in [-0.25, -0.2) is 9.59 Å². The Balaban J connectivity index is 2.83. The number of likely N-dealkylation sites (N-methyl/N-ethyl adjacent to an activating group) is 1. The van der Waals surface area contributed by atoms with Crippen molar-refractivity contribution in [1.29, 1.82) is 0 Å². The van der Waals surface area contributed by atoms with Gasteiger partial charge in [-0.15, -0.1) is 0 Å². The Morgan fingerprint density at radius 1 is 1.33 bits per heavy atom. The van der Waals surface area contributed by atoms with Gasteiger partial charge in [-0.1, -0.05) is 30.3 Å². The average Bonchev–Trinajstić information content (AvgIpc) is 2.46. The average molecular weight is 294 g/mol. The van der Waals surface area contributed by atoms with E-state index in [4.69, 9.17) is 4.74 Å². The number of carboxylic acid groups (broad SMARTS) is 1. The van der Waals surface area contributed by atoms with Crippen LogP contribution in [0.15, 0.2) is 30.3 Å². The number of nitrogens with zero attached hydrogens (tertiary/aromatic N) is 1. The first-order valence-corrected chi connectivity index (χ1v) is 6.85. The van der Waals surface area contributed by atoms with Gasteiger partial charge in [-0.3, -0.25) is 0 Å². The minimum absolute atomic E-state index is 0.134. The maximum Gasteiger partial charge on any atom is 0.330 e. The number of urea groups is 1. The molecule has 0 aromatic heterocycles. The van der Waals surface area contributed by atoms with E-state index in [9.17, 15) is 14.7 Å². The number of carbonyl (C=O) groups is 2. The van der Waals surface area contributed by atoms with Crippen LogP contribution in [-0.2, 0) is 9.53 Å². The molecule has 0 aliphatic rings. The topological polar surface area (TPSA) is 78.9 Å². The summed E-state index contributed by atoms with van der Waals surface area (Å²) >= 11 is 0. The van der Waals surface area contributed by atoms with Gasteiger partial charge in [0.25, 0.3) is 0 Å². The van der Waals surface area contributed by atoms with Crippen LogP contribution in [0, 0.1) is 0 Å². The molecular weight excluding hydrogens is 272 g/mol. The maximum atomic E-state index is 12.3. The summed E-state index contributed by atoms with van der Waals surface area (Å²) in [6.07, 6.45) is 0. The molecule has 0 spiro atoms. The zero-order valence-electron chi connectivity index (χ0n) is 12.6. The van der Waals surface area contributed by atoms with Crippen molar-refractivity contribution in [2.24, 2.45) is 0 Å². The highest BCUT2D eigenvalue weighted by molar-refractivity contribution is 5.83. The summed E-state index contributed by atoms with van der Waals surface area (Å²) in [5.41, 5.74) is 0.536. The summed E-state index contributed by atoms with van der Waals surface area (Å²) < 4.78 is 5.04. The van der Waals surface area contributed by atoms with Crippen LogP contribution in [0.25, 0.3) is 0 Å². The van der Waals surface area contributed by atoms with Crippen LogP contribution >= 0.6 is 0 Å². The summed E-state index contributed by atoms with van der Waals surface area (Å²) in [5.74, 6) is -1.09. The molecule has 2 amide bonds. The molecule has 0 saturated heterocycles. The zero-order chi connectivity index (χ0) is 15.8. The van der Waals surface area contributed by atoms with Gasteiger partial charge in [0.2, 0.25) is 0 Å². The second-order valence-electron chi connectivity index (χ2n) is 4.72. The fourth-order valence-corrected chi connectivity index (χ4v) is 2.13. The summed E-state index contributed by atoms with van der Waals surface area (Å²) in [4.78, 5) is 25.2. The third-order valence-corrected chi connectivity index (χ3v) is 3.19. The van der Waals surface area contributed by atoms with Gasteiger partial charge in [-0.2, -0.15) is 0 Å². The van der Waals surface area contributed by atoms with Crippen LogP contribution in [-0.4, -0.2) is 48.3 Å². The molecule has 2 unspecified atom stereocenters. The lowest BCUT2D eigenvalue weighted by Gasteiger charge is -2.29. The largest absolute Gasteiger partial charge is 0.479 e. The Labute approximate surface area is 124 Å². The van der Waals surface area contributed by atoms with Gasteiger partial charge in [0.05, 0.1) is 12.6 Å². The fraction of sp³-hybridized carbons (Fsp3) is 0.467. The quantitative estimate of drug-likeness (QED) is 0.804. The van der Waals surface area contributed by atoms with Crippen molar-refractivity contribution in [3.63, 3.8) is 0 Å². The Morgan fingerprint density at radius 3 is 2.43 bits per heavy atom. The normalized spacial score (nSPS) is 13.3. The number of benzene rings is 1. The van der Waals surface area contributed by atoms with E-state index < -0.39 is 18.0 Å². The number of carboxylic acids is 1. The van der Waals surface area contributed by atoms with Crippen LogP contribution in [0.1, 0.15) is 25.5 Å². The van der Waals surface area contributed by atoms with Crippen molar-refractivity contribution in [2.75, 3.05) is 20.3 Å². The molecule has 1 rings (SSSR count). The first-order chi connectivity index (χ1) is 10.0. The number of nitrogens with one attached hydrogen (secondary N) is 1. The molecule has 0 aliphatic heterocycles. The van der Waals surface area contributed by atoms with Gasteiger partial charge in [0.15, 0.2) is 6.04 Å². The summed E-state index contributed by atoms with van der Waals surface area (Å²) in [6.45, 7) is 4.55. The van der Waals surface area contributed by atoms with Crippen LogP contribution in [0.3, 0.4) is 0 Å². The lowest BCUT2D eigenvalue weighted by molar-refractivity contribution is -0.139. The number of carbonyl (C=O) groups excluding carboxylic acids is 1. The van der Waals surface area contributed by atoms with E-state index in [1.165, 1.54) is 0 Å². The van der Waals surface area contributed by atoms with Crippen molar-refractivity contribution < 1.29 is 19.4 Å². The summed E-state index contributed by atoms with van der Waals surface area (Å²) in [6, 6.07) is 7.00. The van der Waals surface area contributed by atoms with Crippen molar-refractivity contribution in [3.05, 3.63) is 35.9 Å². The molecule has 0 saturated carbocycles. The van der Waals surface area contributed by atoms with Gasteiger partial charge < -0.3 is 20.1 Å². The Kier molecular flexibility index (Phi) is 6.68. The Hall–Kier alpha value is -2.08. The van der Waals surface area contributed by atoms with Gasteiger partial charge >= 0.3 is 12.0 Å². The molecule has 116 valence electrons. The number of aliphatic carboxylic acids is 1. The van der Waals surface area contributed by atoms with E-state index in [0.717, 1.165) is 0 Å². The lowest BCUT2D eigenvalue weighted by atomic mass is 10.1. The van der Waals surface area contributed by atoms with Crippen LogP contribution in [0.4, 0.5) is 4.79 Å². The predicted molar refractivity (Wildman–Crippen MR) is 79.1 cm³/mol. The first-order valence-electron chi connectivity index (χ1n) is 6.85. The summed E-state index contributed by atoms with van der Waals surface area (Å²) in [7, 11) is 1.56. The first kappa shape index (κ1) is 17.0. The smallest absolute Gasteiger partial charge is 0.330 e. The maximum absolute atomic E-state index is 12.3. The van der Waals surface area contributed by atoms with Crippen LogP contribution in [0.5, 0.6) is 0 Å². The number of hydrogen-bond donors (Lipinski definition) is 2. The number of ether oxygens (including phenoxy) is 1. The lowest BCUT2D eigenvalue weighted by Crippen LogP contribution is -2.48. The Morgan fingerprint density at radius 2 is 1.95 bits per heavy atom. The highest BCUT2D eigenvalue weighted by Gasteiger charge is 2.26. The highest BCUT2D eigenvalue weighted by Crippen LogP contribution is 2.14. The molecule has 0 heterocycles. The highest BCUT2D eigenvalue weighted by atomic mass is 16.5. The molecule has 2 atom stereocenters. The molecule has 6 heteroatoms. The van der Waals surface area contributed by atoms with E-state index in [-0.39, 0.29) is 6.04 Å². The third kappa shape index (κ3) is 4.75. The number of amides is 2. The van der Waals surface area contributed by atoms with Gasteiger partial charge in [-0.05, 0) is 19.4 Å². The molecule has 1 aromatic rings. The molecule has 21 heavy (non-hydrogen) atoms. The van der Waals surface area contributed by atoms with Gasteiger partial charge in [0.1, 0.15) is 0 Å². The van der Waals surface area contributed by atoms with Crippen molar-refractivity contribution in [2.45, 2.75) is 25.9 Å². The second kappa shape index (κ2) is 8.26. The number of rotatable bonds is 7. The van der Waals surface area contributed by atoms with Crippen LogP contribution in [0.2, 0.25) is 0 Å². The van der Waals surface area contributed by atoms with Crippen molar-refractivity contribution in [1.82, 2.24) is 10.2 Å². The minimum Gasteiger partial charge on any atom is -0.479 e.